The summed E-state index contributed by atoms with van der Waals surface area (Å²) in [6, 6.07) is 17.0. The molecule has 0 aliphatic carbocycles. The van der Waals surface area contributed by atoms with Crippen molar-refractivity contribution in [2.75, 3.05) is 6.79 Å². The van der Waals surface area contributed by atoms with E-state index in [4.69, 9.17) is 9.47 Å². The number of nitrogens with one attached hydrogen (secondary N) is 2. The molecule has 31 heavy (non-hydrogen) atoms. The summed E-state index contributed by atoms with van der Waals surface area (Å²) in [6.45, 7) is 0.140. The van der Waals surface area contributed by atoms with Gasteiger partial charge in [0.25, 0.3) is 5.91 Å². The van der Waals surface area contributed by atoms with Gasteiger partial charge in [0.1, 0.15) is 5.82 Å². The number of carbonyl (C=O) groups is 1. The summed E-state index contributed by atoms with van der Waals surface area (Å²) in [5, 5.41) is 2.76. The molecule has 0 spiro atoms. The smallest absolute Gasteiger partial charge is 0.255 e. The van der Waals surface area contributed by atoms with Crippen molar-refractivity contribution in [1.82, 2.24) is 10.0 Å². The lowest BCUT2D eigenvalue weighted by Gasteiger charge is -2.10. The number of sulfonamides is 1. The Hall–Kier alpha value is -3.43. The Labute approximate surface area is 178 Å². The third-order valence-corrected chi connectivity index (χ3v) is 6.06. The molecular weight excluding hydrogens is 423 g/mol. The van der Waals surface area contributed by atoms with E-state index in [2.05, 4.69) is 10.0 Å². The first kappa shape index (κ1) is 20.8. The van der Waals surface area contributed by atoms with E-state index in [0.29, 0.717) is 28.2 Å². The molecule has 1 aliphatic rings. The van der Waals surface area contributed by atoms with Gasteiger partial charge in [-0.05, 0) is 47.5 Å². The number of para-hydroxylation sites is 1. The maximum absolute atomic E-state index is 13.3. The van der Waals surface area contributed by atoms with E-state index in [9.17, 15) is 17.6 Å². The van der Waals surface area contributed by atoms with Crippen LogP contribution in [0, 0.1) is 5.82 Å². The summed E-state index contributed by atoms with van der Waals surface area (Å²) >= 11 is 0. The van der Waals surface area contributed by atoms with Crippen LogP contribution in [-0.2, 0) is 23.1 Å². The molecule has 3 aromatic rings. The highest BCUT2D eigenvalue weighted by Gasteiger charge is 2.21. The number of rotatable bonds is 7. The van der Waals surface area contributed by atoms with Crippen molar-refractivity contribution in [2.24, 2.45) is 0 Å². The second-order valence-electron chi connectivity index (χ2n) is 6.82. The molecule has 1 aliphatic heterocycles. The van der Waals surface area contributed by atoms with Crippen molar-refractivity contribution >= 4 is 15.9 Å². The lowest BCUT2D eigenvalue weighted by atomic mass is 10.1. The molecule has 0 unspecified atom stereocenters. The third kappa shape index (κ3) is 4.84. The fourth-order valence-electron chi connectivity index (χ4n) is 3.12. The zero-order chi connectivity index (χ0) is 21.8. The number of ether oxygens (including phenoxy) is 2. The maximum Gasteiger partial charge on any atom is 0.255 e. The van der Waals surface area contributed by atoms with Crippen LogP contribution in [0.15, 0.2) is 71.6 Å². The molecule has 160 valence electrons. The second kappa shape index (κ2) is 8.75. The van der Waals surface area contributed by atoms with Gasteiger partial charge in [-0.15, -0.1) is 0 Å². The molecule has 0 radical (unpaired) electrons. The number of carbonyl (C=O) groups excluding carboxylic acids is 1. The quantitative estimate of drug-likeness (QED) is 0.587. The molecule has 0 fully saturated rings. The highest BCUT2D eigenvalue weighted by Crippen LogP contribution is 2.35. The number of fused-ring (bicyclic) bond motifs is 1. The van der Waals surface area contributed by atoms with Crippen LogP contribution in [0.2, 0.25) is 0 Å². The number of amides is 1. The molecule has 2 N–H and O–H groups in total. The van der Waals surface area contributed by atoms with Crippen LogP contribution >= 0.6 is 0 Å². The Kier molecular flexibility index (Phi) is 5.88. The number of halogens is 1. The van der Waals surface area contributed by atoms with Crippen LogP contribution < -0.4 is 19.5 Å². The van der Waals surface area contributed by atoms with Crippen LogP contribution in [0.25, 0.3) is 0 Å². The van der Waals surface area contributed by atoms with Crippen LogP contribution in [0.5, 0.6) is 11.5 Å². The average Bonchev–Trinajstić information content (AvgIpc) is 3.25. The Morgan fingerprint density at radius 1 is 0.935 bits per heavy atom. The highest BCUT2D eigenvalue weighted by atomic mass is 32.2. The summed E-state index contributed by atoms with van der Waals surface area (Å²) < 4.78 is 51.6. The average molecular weight is 442 g/mol. The zero-order valence-corrected chi connectivity index (χ0v) is 17.1. The minimum Gasteiger partial charge on any atom is -0.454 e. The van der Waals surface area contributed by atoms with Crippen molar-refractivity contribution in [2.45, 2.75) is 18.0 Å². The molecule has 9 heteroatoms. The van der Waals surface area contributed by atoms with E-state index < -0.39 is 15.8 Å². The maximum atomic E-state index is 13.3. The predicted molar refractivity (Wildman–Crippen MR) is 111 cm³/mol. The Morgan fingerprint density at radius 2 is 1.68 bits per heavy atom. The summed E-state index contributed by atoms with van der Waals surface area (Å²) in [5.41, 5.74) is 1.45. The van der Waals surface area contributed by atoms with Crippen molar-refractivity contribution in [3.8, 4) is 11.5 Å². The first-order valence-electron chi connectivity index (χ1n) is 9.42. The minimum atomic E-state index is -3.81. The molecule has 0 aromatic heterocycles. The van der Waals surface area contributed by atoms with E-state index >= 15 is 0 Å². The fraction of sp³-hybridized carbons (Fsp3) is 0.136. The molecule has 1 heterocycles. The molecule has 1 amide bonds. The summed E-state index contributed by atoms with van der Waals surface area (Å²) in [5.74, 6) is 0.0956. The number of hydrogen-bond acceptors (Lipinski definition) is 5. The monoisotopic (exact) mass is 442 g/mol. The topological polar surface area (TPSA) is 93.7 Å². The van der Waals surface area contributed by atoms with Crippen LogP contribution in [0.4, 0.5) is 4.39 Å². The SMILES string of the molecule is O=C(NCc1cccc(S(=O)(=O)NCc2cccc(F)c2)c1)c1cccc2c1OCO2. The molecule has 4 rings (SSSR count). The zero-order valence-electron chi connectivity index (χ0n) is 16.3. The van der Waals surface area contributed by atoms with Gasteiger partial charge < -0.3 is 14.8 Å². The van der Waals surface area contributed by atoms with Crippen LogP contribution in [-0.4, -0.2) is 21.1 Å². The van der Waals surface area contributed by atoms with Crippen molar-refractivity contribution < 1.29 is 27.1 Å². The van der Waals surface area contributed by atoms with Crippen molar-refractivity contribution in [3.05, 3.63) is 89.2 Å². The lowest BCUT2D eigenvalue weighted by Crippen LogP contribution is -2.25. The van der Waals surface area contributed by atoms with Gasteiger partial charge in [0.2, 0.25) is 16.8 Å². The van der Waals surface area contributed by atoms with Gasteiger partial charge in [-0.3, -0.25) is 4.79 Å². The summed E-state index contributed by atoms with van der Waals surface area (Å²) in [7, 11) is -3.81. The second-order valence-corrected chi connectivity index (χ2v) is 8.59. The van der Waals surface area contributed by atoms with E-state index in [1.807, 2.05) is 0 Å². The molecule has 0 saturated carbocycles. The fourth-order valence-corrected chi connectivity index (χ4v) is 4.21. The van der Waals surface area contributed by atoms with Crippen LogP contribution in [0.3, 0.4) is 0 Å². The Bertz CT molecular complexity index is 1230. The lowest BCUT2D eigenvalue weighted by molar-refractivity contribution is 0.0946. The Morgan fingerprint density at radius 3 is 2.48 bits per heavy atom. The van der Waals surface area contributed by atoms with Gasteiger partial charge in [-0.2, -0.15) is 0 Å². The van der Waals surface area contributed by atoms with Crippen molar-refractivity contribution in [1.29, 1.82) is 0 Å². The van der Waals surface area contributed by atoms with Crippen molar-refractivity contribution in [3.63, 3.8) is 0 Å². The van der Waals surface area contributed by atoms with Gasteiger partial charge in [-0.1, -0.05) is 30.3 Å². The van der Waals surface area contributed by atoms with E-state index in [1.165, 1.54) is 30.3 Å². The first-order valence-corrected chi connectivity index (χ1v) is 10.9. The molecular formula is C22H19FN2O5S. The van der Waals surface area contributed by atoms with E-state index in [0.717, 1.165) is 0 Å². The molecule has 0 bridgehead atoms. The van der Waals surface area contributed by atoms with Gasteiger partial charge in [0.15, 0.2) is 11.5 Å². The molecule has 0 atom stereocenters. The van der Waals surface area contributed by atoms with E-state index in [-0.39, 0.29) is 30.7 Å². The van der Waals surface area contributed by atoms with Gasteiger partial charge >= 0.3 is 0 Å². The summed E-state index contributed by atoms with van der Waals surface area (Å²) in [4.78, 5) is 12.6. The predicted octanol–water partition coefficient (Wildman–Crippen LogP) is 2.96. The number of hydrogen-bond donors (Lipinski definition) is 2. The van der Waals surface area contributed by atoms with E-state index in [1.54, 1.807) is 36.4 Å². The normalized spacial score (nSPS) is 12.5. The van der Waals surface area contributed by atoms with Gasteiger partial charge in [0, 0.05) is 13.1 Å². The highest BCUT2D eigenvalue weighted by molar-refractivity contribution is 7.89. The summed E-state index contributed by atoms with van der Waals surface area (Å²) in [6.07, 6.45) is 0. The third-order valence-electron chi connectivity index (χ3n) is 4.66. The van der Waals surface area contributed by atoms with Crippen LogP contribution in [0.1, 0.15) is 21.5 Å². The number of benzene rings is 3. The standard InChI is InChI=1S/C22H19FN2O5S/c23-17-6-1-4-15(10-17)13-25-31(27,28)18-7-2-5-16(11-18)12-24-22(26)19-8-3-9-20-21(19)30-14-29-20/h1-11,25H,12-14H2,(H,24,26). The molecule has 7 nitrogen and oxygen atoms in total. The minimum absolute atomic E-state index is 0.0394. The largest absolute Gasteiger partial charge is 0.454 e. The molecule has 0 saturated heterocycles. The molecule has 3 aromatic carbocycles. The Balaban J connectivity index is 1.42. The van der Waals surface area contributed by atoms with Gasteiger partial charge in [-0.25, -0.2) is 17.5 Å². The van der Waals surface area contributed by atoms with Gasteiger partial charge in [0.05, 0.1) is 10.5 Å². The first-order chi connectivity index (χ1) is 14.9.